The highest BCUT2D eigenvalue weighted by atomic mass is 16.2. The molecule has 0 spiro atoms. The summed E-state index contributed by atoms with van der Waals surface area (Å²) in [7, 11) is 0. The first-order valence-electron chi connectivity index (χ1n) is 4.55. The second-order valence-electron chi connectivity index (χ2n) is 2.94. The molecule has 0 aliphatic rings. The normalized spacial score (nSPS) is 9.60. The van der Waals surface area contributed by atoms with E-state index in [9.17, 15) is 4.79 Å². The molecule has 2 aromatic rings. The van der Waals surface area contributed by atoms with Gasteiger partial charge in [-0.25, -0.2) is 0 Å². The van der Waals surface area contributed by atoms with Crippen molar-refractivity contribution in [2.75, 3.05) is 5.43 Å². The Morgan fingerprint density at radius 3 is 2.60 bits per heavy atom. The van der Waals surface area contributed by atoms with Crippen LogP contribution in [0.1, 0.15) is 10.5 Å². The number of pyridine rings is 2. The number of nitrogens with one attached hydrogen (secondary N) is 1. The smallest absolute Gasteiger partial charge is 0.262 e. The Morgan fingerprint density at radius 2 is 1.93 bits per heavy atom. The molecule has 2 heterocycles. The summed E-state index contributed by atoms with van der Waals surface area (Å²) in [6.45, 7) is 0. The van der Waals surface area contributed by atoms with Crippen molar-refractivity contribution in [3.05, 3.63) is 60.7 Å². The van der Waals surface area contributed by atoms with E-state index in [1.54, 1.807) is 41.5 Å². The highest BCUT2D eigenvalue weighted by molar-refractivity contribution is 5.96. The van der Waals surface area contributed by atoms with Crippen molar-refractivity contribution in [1.29, 1.82) is 0 Å². The zero-order valence-corrected chi connectivity index (χ0v) is 8.00. The lowest BCUT2D eigenvalue weighted by Gasteiger charge is -1.97. The highest BCUT2D eigenvalue weighted by Crippen LogP contribution is 1.92. The SMILES string of the molecule is O=C(N[n+]1ccccc1)c1ccccn1. The number of carbonyl (C=O) groups is 1. The predicted octanol–water partition coefficient (Wildman–Crippen LogP) is 0.753. The topological polar surface area (TPSA) is 45.9 Å². The van der Waals surface area contributed by atoms with E-state index in [0.717, 1.165) is 0 Å². The van der Waals surface area contributed by atoms with Gasteiger partial charge in [0.15, 0.2) is 12.4 Å². The van der Waals surface area contributed by atoms with E-state index in [2.05, 4.69) is 10.4 Å². The fourth-order valence-corrected chi connectivity index (χ4v) is 1.14. The van der Waals surface area contributed by atoms with Crippen LogP contribution in [0, 0.1) is 0 Å². The maximum absolute atomic E-state index is 11.6. The van der Waals surface area contributed by atoms with E-state index in [4.69, 9.17) is 0 Å². The van der Waals surface area contributed by atoms with Crippen molar-refractivity contribution in [3.8, 4) is 0 Å². The molecule has 1 amide bonds. The van der Waals surface area contributed by atoms with Crippen LogP contribution >= 0.6 is 0 Å². The molecule has 0 aromatic carbocycles. The van der Waals surface area contributed by atoms with Gasteiger partial charge in [0.05, 0.1) is 0 Å². The molecule has 0 fully saturated rings. The standard InChI is InChI=1S/C11H9N3O/c15-11(10-6-2-3-7-12-10)13-14-8-4-1-5-9-14/h1-9H/p+1. The van der Waals surface area contributed by atoms with Crippen LogP contribution in [0.5, 0.6) is 0 Å². The number of carbonyl (C=O) groups excluding carboxylic acids is 1. The summed E-state index contributed by atoms with van der Waals surface area (Å²) in [5.41, 5.74) is 3.07. The van der Waals surface area contributed by atoms with Gasteiger partial charge in [0.2, 0.25) is 0 Å². The lowest BCUT2D eigenvalue weighted by molar-refractivity contribution is -0.641. The Kier molecular flexibility index (Phi) is 2.69. The zero-order chi connectivity index (χ0) is 10.5. The molecule has 2 rings (SSSR count). The van der Waals surface area contributed by atoms with Gasteiger partial charge < -0.3 is 0 Å². The molecule has 0 radical (unpaired) electrons. The lowest BCUT2D eigenvalue weighted by atomic mass is 10.3. The van der Waals surface area contributed by atoms with Crippen molar-refractivity contribution in [2.24, 2.45) is 0 Å². The zero-order valence-electron chi connectivity index (χ0n) is 8.00. The van der Waals surface area contributed by atoms with Crippen molar-refractivity contribution >= 4 is 5.91 Å². The van der Waals surface area contributed by atoms with E-state index < -0.39 is 0 Å². The molecular formula is C11H10N3O+. The van der Waals surface area contributed by atoms with Crippen molar-refractivity contribution in [3.63, 3.8) is 0 Å². The number of hydrogen-bond donors (Lipinski definition) is 1. The Hall–Kier alpha value is -2.23. The minimum absolute atomic E-state index is 0.230. The van der Waals surface area contributed by atoms with E-state index >= 15 is 0 Å². The molecule has 2 aromatic heterocycles. The van der Waals surface area contributed by atoms with Gasteiger partial charge in [-0.05, 0) is 12.1 Å². The first-order valence-corrected chi connectivity index (χ1v) is 4.55. The molecule has 0 unspecified atom stereocenters. The van der Waals surface area contributed by atoms with Gasteiger partial charge in [-0.2, -0.15) is 0 Å². The summed E-state index contributed by atoms with van der Waals surface area (Å²) < 4.78 is 1.58. The number of nitrogens with zero attached hydrogens (tertiary/aromatic N) is 2. The van der Waals surface area contributed by atoms with Crippen LogP contribution in [0.3, 0.4) is 0 Å². The van der Waals surface area contributed by atoms with Gasteiger partial charge in [-0.15, -0.1) is 5.43 Å². The summed E-state index contributed by atoms with van der Waals surface area (Å²) in [5.74, 6) is -0.230. The summed E-state index contributed by atoms with van der Waals surface area (Å²) in [6, 6.07) is 10.8. The second-order valence-corrected chi connectivity index (χ2v) is 2.94. The third-order valence-electron chi connectivity index (χ3n) is 1.84. The molecule has 0 aliphatic carbocycles. The van der Waals surface area contributed by atoms with Crippen molar-refractivity contribution in [2.45, 2.75) is 0 Å². The third-order valence-corrected chi connectivity index (χ3v) is 1.84. The van der Waals surface area contributed by atoms with Crippen LogP contribution in [0.4, 0.5) is 0 Å². The second kappa shape index (κ2) is 4.32. The fourth-order valence-electron chi connectivity index (χ4n) is 1.14. The van der Waals surface area contributed by atoms with Crippen LogP contribution in [0.2, 0.25) is 0 Å². The van der Waals surface area contributed by atoms with E-state index in [1.807, 2.05) is 18.2 Å². The highest BCUT2D eigenvalue weighted by Gasteiger charge is 2.09. The van der Waals surface area contributed by atoms with Gasteiger partial charge in [0, 0.05) is 18.3 Å². The first-order chi connectivity index (χ1) is 7.36. The number of amides is 1. The average molecular weight is 200 g/mol. The molecule has 74 valence electrons. The fraction of sp³-hybridized carbons (Fsp3) is 0. The molecule has 4 nitrogen and oxygen atoms in total. The van der Waals surface area contributed by atoms with Gasteiger partial charge in [-0.1, -0.05) is 16.8 Å². The van der Waals surface area contributed by atoms with E-state index in [1.165, 1.54) is 0 Å². The lowest BCUT2D eigenvalue weighted by Crippen LogP contribution is -2.47. The maximum Gasteiger partial charge on any atom is 0.323 e. The Balaban J connectivity index is 2.12. The monoisotopic (exact) mass is 200 g/mol. The minimum Gasteiger partial charge on any atom is -0.262 e. The summed E-state index contributed by atoms with van der Waals surface area (Å²) in [4.78, 5) is 15.6. The average Bonchev–Trinajstić information content (AvgIpc) is 2.31. The Morgan fingerprint density at radius 1 is 1.13 bits per heavy atom. The molecule has 15 heavy (non-hydrogen) atoms. The first kappa shape index (κ1) is 9.33. The largest absolute Gasteiger partial charge is 0.323 e. The molecule has 0 saturated carbocycles. The number of hydrogen-bond acceptors (Lipinski definition) is 2. The summed E-state index contributed by atoms with van der Waals surface area (Å²) in [6.07, 6.45) is 5.09. The minimum atomic E-state index is -0.230. The summed E-state index contributed by atoms with van der Waals surface area (Å²) >= 11 is 0. The van der Waals surface area contributed by atoms with Crippen molar-refractivity contribution in [1.82, 2.24) is 4.98 Å². The maximum atomic E-state index is 11.6. The van der Waals surface area contributed by atoms with Gasteiger partial charge in [0.1, 0.15) is 5.69 Å². The van der Waals surface area contributed by atoms with Gasteiger partial charge in [-0.3, -0.25) is 9.78 Å². The van der Waals surface area contributed by atoms with E-state index in [0.29, 0.717) is 5.69 Å². The number of rotatable bonds is 2. The van der Waals surface area contributed by atoms with Crippen LogP contribution in [-0.4, -0.2) is 10.9 Å². The van der Waals surface area contributed by atoms with E-state index in [-0.39, 0.29) is 5.91 Å². The van der Waals surface area contributed by atoms with Crippen LogP contribution < -0.4 is 10.1 Å². The third kappa shape index (κ3) is 2.37. The molecular weight excluding hydrogens is 190 g/mol. The van der Waals surface area contributed by atoms with Gasteiger partial charge >= 0.3 is 5.91 Å². The molecule has 4 heteroatoms. The van der Waals surface area contributed by atoms with Gasteiger partial charge in [0.25, 0.3) is 0 Å². The Labute approximate surface area is 87.2 Å². The van der Waals surface area contributed by atoms with Crippen LogP contribution in [-0.2, 0) is 0 Å². The Bertz CT molecular complexity index is 442. The quantitative estimate of drug-likeness (QED) is 0.727. The molecule has 0 saturated heterocycles. The summed E-state index contributed by atoms with van der Waals surface area (Å²) in [5, 5.41) is 0. The van der Waals surface area contributed by atoms with Crippen LogP contribution in [0.25, 0.3) is 0 Å². The van der Waals surface area contributed by atoms with Crippen LogP contribution in [0.15, 0.2) is 55.0 Å². The number of aromatic nitrogens is 2. The predicted molar refractivity (Wildman–Crippen MR) is 54.6 cm³/mol. The molecule has 0 bridgehead atoms. The van der Waals surface area contributed by atoms with Crippen molar-refractivity contribution < 1.29 is 9.47 Å². The molecule has 0 atom stereocenters. The molecule has 1 N–H and O–H groups in total. The molecule has 0 aliphatic heterocycles.